The maximum atomic E-state index is 12.9. The van der Waals surface area contributed by atoms with Crippen molar-refractivity contribution in [3.05, 3.63) is 59.7 Å². The highest BCUT2D eigenvalue weighted by Crippen LogP contribution is 2.13. The van der Waals surface area contributed by atoms with Gasteiger partial charge in [0.2, 0.25) is 0 Å². The van der Waals surface area contributed by atoms with E-state index in [1.54, 1.807) is 42.5 Å². The van der Waals surface area contributed by atoms with E-state index in [1.807, 2.05) is 6.07 Å². The largest absolute Gasteiger partial charge is 0.395 e. The van der Waals surface area contributed by atoms with Gasteiger partial charge in [-0.2, -0.15) is 13.7 Å². The number of nitrogens with one attached hydrogen (secondary N) is 2. The number of quaternary nitrogens is 1. The van der Waals surface area contributed by atoms with Crippen molar-refractivity contribution >= 4 is 21.4 Å². The Labute approximate surface area is 176 Å². The summed E-state index contributed by atoms with van der Waals surface area (Å²) < 4.78 is 26.3. The van der Waals surface area contributed by atoms with Crippen LogP contribution >= 0.6 is 0 Å². The Balaban J connectivity index is 1.53. The fourth-order valence-corrected chi connectivity index (χ4v) is 4.79. The molecule has 0 atom stereocenters. The van der Waals surface area contributed by atoms with Crippen LogP contribution in [0.3, 0.4) is 0 Å². The van der Waals surface area contributed by atoms with Crippen molar-refractivity contribution in [2.24, 2.45) is 5.16 Å². The van der Waals surface area contributed by atoms with Gasteiger partial charge in [0, 0.05) is 25.1 Å². The number of benzene rings is 2. The Morgan fingerprint density at radius 2 is 1.90 bits per heavy atom. The lowest BCUT2D eigenvalue weighted by Crippen LogP contribution is -3.14. The molecule has 0 aliphatic carbocycles. The zero-order valence-electron chi connectivity index (χ0n) is 16.5. The molecule has 2 aromatic carbocycles. The summed E-state index contributed by atoms with van der Waals surface area (Å²) in [5.41, 5.74) is 3.04. The summed E-state index contributed by atoms with van der Waals surface area (Å²) in [6, 6.07) is 15.8. The fourth-order valence-electron chi connectivity index (χ4n) is 3.23. The van der Waals surface area contributed by atoms with E-state index in [9.17, 15) is 8.42 Å². The van der Waals surface area contributed by atoms with Crippen LogP contribution in [-0.2, 0) is 21.5 Å². The third-order valence-electron chi connectivity index (χ3n) is 4.85. The van der Waals surface area contributed by atoms with E-state index in [1.165, 1.54) is 0 Å². The van der Waals surface area contributed by atoms with Gasteiger partial charge in [0.25, 0.3) is 0 Å². The predicted molar refractivity (Wildman–Crippen MR) is 113 cm³/mol. The first-order valence-corrected chi connectivity index (χ1v) is 11.2. The van der Waals surface area contributed by atoms with Crippen LogP contribution in [0.5, 0.6) is 0 Å². The Morgan fingerprint density at radius 3 is 2.57 bits per heavy atom. The van der Waals surface area contributed by atoms with Crippen molar-refractivity contribution in [1.29, 1.82) is 5.26 Å². The lowest BCUT2D eigenvalue weighted by molar-refractivity contribution is -0.768. The quantitative estimate of drug-likeness (QED) is 0.537. The van der Waals surface area contributed by atoms with Gasteiger partial charge in [0.15, 0.2) is 0 Å². The van der Waals surface area contributed by atoms with Crippen molar-refractivity contribution in [3.8, 4) is 6.07 Å². The summed E-state index contributed by atoms with van der Waals surface area (Å²) in [5, 5.41) is 24.9. The second kappa shape index (κ2) is 10.2. The Hall–Kier alpha value is -2.93. The molecule has 1 fully saturated rings. The highest BCUT2D eigenvalue weighted by molar-refractivity contribution is 7.85. The number of nitriles is 1. The number of aliphatic hydroxyl groups excluding tert-OH is 1. The van der Waals surface area contributed by atoms with Crippen LogP contribution in [0.4, 0.5) is 5.69 Å². The minimum Gasteiger partial charge on any atom is -0.395 e. The van der Waals surface area contributed by atoms with E-state index in [4.69, 9.17) is 15.2 Å². The number of aliphatic hydroxyl groups is 1. The molecule has 0 aromatic heterocycles. The standard InChI is InChI=1S/C21H24N4O4S/c22-15-17-2-1-3-18(14-17)16-29-24-20-8-11-25(12-9-20)30(27,28)21-6-4-19(5-7-21)23-10-13-26/h1-7,14,23,26H,8-13,16H2/p+1. The number of oxime groups is 1. The van der Waals surface area contributed by atoms with Gasteiger partial charge in [-0.3, -0.25) is 0 Å². The van der Waals surface area contributed by atoms with E-state index in [0.717, 1.165) is 17.0 Å². The molecule has 9 heteroatoms. The van der Waals surface area contributed by atoms with Gasteiger partial charge < -0.3 is 15.3 Å². The molecule has 1 aliphatic rings. The van der Waals surface area contributed by atoms with Crippen LogP contribution in [0.1, 0.15) is 24.0 Å². The number of piperidine rings is 1. The van der Waals surface area contributed by atoms with Gasteiger partial charge in [-0.15, -0.1) is 0 Å². The van der Waals surface area contributed by atoms with Crippen molar-refractivity contribution in [3.63, 3.8) is 0 Å². The van der Waals surface area contributed by atoms with Crippen LogP contribution < -0.4 is 9.62 Å². The topological polar surface area (TPSA) is 116 Å². The first-order valence-electron chi connectivity index (χ1n) is 9.74. The smallest absolute Gasteiger partial charge is 0.325 e. The van der Waals surface area contributed by atoms with Crippen LogP contribution in [0, 0.1) is 11.3 Å². The van der Waals surface area contributed by atoms with E-state index in [0.29, 0.717) is 42.3 Å². The second-order valence-corrected chi connectivity index (χ2v) is 9.02. The molecule has 1 aliphatic heterocycles. The van der Waals surface area contributed by atoms with Crippen molar-refractivity contribution in [2.75, 3.05) is 31.6 Å². The minimum absolute atomic E-state index is 0.0117. The van der Waals surface area contributed by atoms with E-state index >= 15 is 0 Å². The SMILES string of the molecule is N#Cc1cccc(CON=C2CC[NH+](S(=O)(=O)c3ccc(NCCO)cc3)CC2)c1. The lowest BCUT2D eigenvalue weighted by Gasteiger charge is -2.23. The summed E-state index contributed by atoms with van der Waals surface area (Å²) in [7, 11) is -3.48. The lowest BCUT2D eigenvalue weighted by atomic mass is 10.1. The highest BCUT2D eigenvalue weighted by atomic mass is 32.2. The summed E-state index contributed by atoms with van der Waals surface area (Å²) in [4.78, 5) is 5.68. The van der Waals surface area contributed by atoms with Gasteiger partial charge in [0.05, 0.1) is 37.0 Å². The van der Waals surface area contributed by atoms with Crippen LogP contribution in [0.25, 0.3) is 0 Å². The van der Waals surface area contributed by atoms with Crippen molar-refractivity contribution in [1.82, 2.24) is 0 Å². The van der Waals surface area contributed by atoms with Crippen LogP contribution in [0.15, 0.2) is 58.6 Å². The number of sulfonamides is 1. The highest BCUT2D eigenvalue weighted by Gasteiger charge is 2.31. The average Bonchev–Trinajstić information content (AvgIpc) is 2.78. The maximum absolute atomic E-state index is 12.9. The van der Waals surface area contributed by atoms with E-state index in [2.05, 4.69) is 16.5 Å². The van der Waals surface area contributed by atoms with Gasteiger partial charge in [0.1, 0.15) is 11.5 Å². The molecule has 0 unspecified atom stereocenters. The third kappa shape index (κ3) is 5.57. The van der Waals surface area contributed by atoms with Crippen molar-refractivity contribution in [2.45, 2.75) is 24.3 Å². The first-order chi connectivity index (χ1) is 14.5. The maximum Gasteiger partial charge on any atom is 0.325 e. The Kier molecular flexibility index (Phi) is 7.41. The number of nitrogens with zero attached hydrogens (tertiary/aromatic N) is 2. The summed E-state index contributed by atoms with van der Waals surface area (Å²) >= 11 is 0. The molecule has 0 bridgehead atoms. The monoisotopic (exact) mass is 429 g/mol. The second-order valence-electron chi connectivity index (χ2n) is 6.96. The molecule has 2 aromatic rings. The molecule has 158 valence electrons. The van der Waals surface area contributed by atoms with E-state index in [-0.39, 0.29) is 18.1 Å². The number of hydrogen-bond donors (Lipinski definition) is 3. The van der Waals surface area contributed by atoms with Crippen LogP contribution in [-0.4, -0.2) is 45.5 Å². The molecule has 8 nitrogen and oxygen atoms in total. The molecule has 1 heterocycles. The Bertz CT molecular complexity index is 1020. The molecule has 1 saturated heterocycles. The summed E-state index contributed by atoms with van der Waals surface area (Å²) in [6.07, 6.45) is 1.09. The zero-order valence-corrected chi connectivity index (χ0v) is 17.4. The average molecular weight is 430 g/mol. The minimum atomic E-state index is -3.48. The van der Waals surface area contributed by atoms with Crippen molar-refractivity contribution < 1.29 is 22.7 Å². The molecule has 0 saturated carbocycles. The molecule has 0 amide bonds. The number of rotatable bonds is 8. The molecular weight excluding hydrogens is 404 g/mol. The zero-order chi connectivity index (χ0) is 21.4. The fraction of sp³-hybridized carbons (Fsp3) is 0.333. The summed E-state index contributed by atoms with van der Waals surface area (Å²) in [5.74, 6) is 0. The molecule has 0 spiro atoms. The predicted octanol–water partition coefficient (Wildman–Crippen LogP) is 0.903. The molecule has 30 heavy (non-hydrogen) atoms. The normalized spacial score (nSPS) is 16.5. The van der Waals surface area contributed by atoms with Gasteiger partial charge in [-0.1, -0.05) is 17.3 Å². The summed E-state index contributed by atoms with van der Waals surface area (Å²) in [6.45, 7) is 1.55. The van der Waals surface area contributed by atoms with E-state index < -0.39 is 10.0 Å². The Morgan fingerprint density at radius 1 is 1.17 bits per heavy atom. The first kappa shape index (κ1) is 21.8. The van der Waals surface area contributed by atoms with Crippen LogP contribution in [0.2, 0.25) is 0 Å². The van der Waals surface area contributed by atoms with Gasteiger partial charge in [-0.05, 0) is 42.0 Å². The molecule has 3 N–H and O–H groups in total. The van der Waals surface area contributed by atoms with Gasteiger partial charge in [-0.25, -0.2) is 4.31 Å². The van der Waals surface area contributed by atoms with Gasteiger partial charge >= 0.3 is 10.0 Å². The third-order valence-corrected chi connectivity index (χ3v) is 6.91. The number of anilines is 1. The molecule has 0 radical (unpaired) electrons. The molecular formula is C21H25N4O4S+. The molecule has 3 rings (SSSR count). The number of hydrogen-bond acceptors (Lipinski definition) is 7.